The monoisotopic (exact) mass is 464 g/mol. The fourth-order valence-corrected chi connectivity index (χ4v) is 4.21. The molecule has 0 unspecified atom stereocenters. The molecule has 1 aliphatic heterocycles. The molecule has 2 aromatic rings. The lowest BCUT2D eigenvalue weighted by molar-refractivity contribution is 0.00568. The number of halogens is 1. The summed E-state index contributed by atoms with van der Waals surface area (Å²) in [4.78, 5) is 26.2. The highest BCUT2D eigenvalue weighted by Crippen LogP contribution is 2.34. The first-order valence-corrected chi connectivity index (χ1v) is 10.6. The molecule has 1 amide bonds. The van der Waals surface area contributed by atoms with Crippen LogP contribution in [0.4, 0.5) is 10.5 Å². The van der Waals surface area contributed by atoms with Crippen molar-refractivity contribution >= 4 is 38.7 Å². The van der Waals surface area contributed by atoms with Crippen LogP contribution in [0.1, 0.15) is 40.3 Å². The van der Waals surface area contributed by atoms with Crippen molar-refractivity contribution in [2.75, 3.05) is 25.1 Å². The molecule has 29 heavy (non-hydrogen) atoms. The number of nitrogens with zero attached hydrogens (tertiary/aromatic N) is 4. The van der Waals surface area contributed by atoms with E-state index in [1.807, 2.05) is 58.6 Å². The summed E-state index contributed by atoms with van der Waals surface area (Å²) in [6.45, 7) is 13.0. The maximum atomic E-state index is 12.7. The van der Waals surface area contributed by atoms with E-state index in [0.717, 1.165) is 26.9 Å². The van der Waals surface area contributed by atoms with E-state index in [1.54, 1.807) is 7.11 Å². The number of hydrogen-bond acceptors (Lipinski definition) is 6. The SMILES string of the molecule is COc1nc2c(N3C[C@@H](C)N(C(=O)OC(C)(C)C)[C@@H](C)C3)ccc(Br)c2nc1C. The Balaban J connectivity index is 1.94. The Morgan fingerprint density at radius 2 is 1.76 bits per heavy atom. The molecule has 0 saturated carbocycles. The molecule has 0 radical (unpaired) electrons. The number of hydrogen-bond donors (Lipinski definition) is 0. The Morgan fingerprint density at radius 1 is 1.14 bits per heavy atom. The van der Waals surface area contributed by atoms with E-state index in [-0.39, 0.29) is 18.2 Å². The molecule has 3 rings (SSSR count). The largest absolute Gasteiger partial charge is 0.480 e. The Hall–Kier alpha value is -2.09. The standard InChI is InChI=1S/C21H29BrN4O3/c1-12-10-25(11-13(2)26(12)20(27)29-21(4,5)6)16-9-8-15(22)17-18(16)24-19(28-7)14(3)23-17/h8-9,12-13H,10-11H2,1-7H3/t12-,13+. The van der Waals surface area contributed by atoms with Gasteiger partial charge < -0.3 is 14.4 Å². The summed E-state index contributed by atoms with van der Waals surface area (Å²) in [5, 5.41) is 0. The summed E-state index contributed by atoms with van der Waals surface area (Å²) in [6.07, 6.45) is -0.269. The molecule has 1 aromatic heterocycles. The number of ether oxygens (including phenoxy) is 2. The number of aryl methyl sites for hydroxylation is 1. The van der Waals surface area contributed by atoms with Gasteiger partial charge >= 0.3 is 6.09 Å². The summed E-state index contributed by atoms with van der Waals surface area (Å²) in [7, 11) is 1.60. The Labute approximate surface area is 180 Å². The molecule has 7 nitrogen and oxygen atoms in total. The lowest BCUT2D eigenvalue weighted by Gasteiger charge is -2.45. The van der Waals surface area contributed by atoms with Gasteiger partial charge in [-0.1, -0.05) is 0 Å². The van der Waals surface area contributed by atoms with Gasteiger partial charge in [0, 0.05) is 17.6 Å². The molecular formula is C21H29BrN4O3. The second-order valence-electron chi connectivity index (χ2n) is 8.57. The van der Waals surface area contributed by atoms with Crippen molar-refractivity contribution in [3.8, 4) is 5.88 Å². The molecule has 0 bridgehead atoms. The van der Waals surface area contributed by atoms with Gasteiger partial charge in [-0.15, -0.1) is 0 Å². The van der Waals surface area contributed by atoms with Gasteiger partial charge in [-0.2, -0.15) is 0 Å². The third-order valence-corrected chi connectivity index (χ3v) is 5.58. The van der Waals surface area contributed by atoms with Crippen LogP contribution in [0.2, 0.25) is 0 Å². The van der Waals surface area contributed by atoms with Crippen molar-refractivity contribution in [2.24, 2.45) is 0 Å². The Kier molecular flexibility index (Phi) is 5.94. The number of aromatic nitrogens is 2. The average Bonchev–Trinajstić information content (AvgIpc) is 2.59. The normalized spacial score (nSPS) is 20.1. The molecule has 2 heterocycles. The molecule has 2 atom stereocenters. The summed E-state index contributed by atoms with van der Waals surface area (Å²) in [6, 6.07) is 4.02. The molecule has 158 valence electrons. The molecule has 1 saturated heterocycles. The number of piperazine rings is 1. The molecule has 0 aliphatic carbocycles. The van der Waals surface area contributed by atoms with E-state index in [2.05, 4.69) is 25.8 Å². The van der Waals surface area contributed by atoms with Crippen molar-refractivity contribution in [1.29, 1.82) is 0 Å². The maximum Gasteiger partial charge on any atom is 0.410 e. The number of carbonyl (C=O) groups excluding carboxylic acids is 1. The third-order valence-electron chi connectivity index (χ3n) is 4.94. The smallest absolute Gasteiger partial charge is 0.410 e. The third kappa shape index (κ3) is 4.42. The van der Waals surface area contributed by atoms with Crippen LogP contribution >= 0.6 is 15.9 Å². The second kappa shape index (κ2) is 7.97. The molecule has 1 aromatic carbocycles. The zero-order valence-electron chi connectivity index (χ0n) is 18.1. The van der Waals surface area contributed by atoms with Crippen LogP contribution in [0.25, 0.3) is 11.0 Å². The summed E-state index contributed by atoms with van der Waals surface area (Å²) >= 11 is 3.58. The van der Waals surface area contributed by atoms with E-state index in [1.165, 1.54) is 0 Å². The van der Waals surface area contributed by atoms with Crippen LogP contribution in [-0.2, 0) is 4.74 Å². The molecular weight excluding hydrogens is 436 g/mol. The first-order valence-electron chi connectivity index (χ1n) is 9.79. The zero-order chi connectivity index (χ0) is 21.5. The van der Waals surface area contributed by atoms with Crippen LogP contribution in [0.15, 0.2) is 16.6 Å². The van der Waals surface area contributed by atoms with E-state index in [0.29, 0.717) is 19.0 Å². The number of rotatable bonds is 2. The number of anilines is 1. The van der Waals surface area contributed by atoms with Crippen molar-refractivity contribution in [2.45, 2.75) is 59.2 Å². The fourth-order valence-electron chi connectivity index (χ4n) is 3.80. The molecule has 0 N–H and O–H groups in total. The van der Waals surface area contributed by atoms with E-state index in [4.69, 9.17) is 14.5 Å². The first kappa shape index (κ1) is 21.6. The van der Waals surface area contributed by atoms with Crippen LogP contribution in [-0.4, -0.2) is 58.8 Å². The van der Waals surface area contributed by atoms with E-state index >= 15 is 0 Å². The Morgan fingerprint density at radius 3 is 2.31 bits per heavy atom. The van der Waals surface area contributed by atoms with E-state index < -0.39 is 5.60 Å². The molecule has 8 heteroatoms. The number of methoxy groups -OCH3 is 1. The fraction of sp³-hybridized carbons (Fsp3) is 0.571. The summed E-state index contributed by atoms with van der Waals surface area (Å²) in [5.41, 5.74) is 2.80. The molecule has 0 spiro atoms. The van der Waals surface area contributed by atoms with Crippen LogP contribution in [0, 0.1) is 6.92 Å². The van der Waals surface area contributed by atoms with Gasteiger partial charge in [0.25, 0.3) is 0 Å². The number of benzene rings is 1. The maximum absolute atomic E-state index is 12.7. The second-order valence-corrected chi connectivity index (χ2v) is 9.43. The Bertz CT molecular complexity index is 916. The van der Waals surface area contributed by atoms with Gasteiger partial charge in [0.1, 0.15) is 22.3 Å². The van der Waals surface area contributed by atoms with Crippen LogP contribution < -0.4 is 9.64 Å². The molecule has 1 aliphatic rings. The predicted molar refractivity (Wildman–Crippen MR) is 118 cm³/mol. The average molecular weight is 465 g/mol. The number of carbonyl (C=O) groups is 1. The van der Waals surface area contributed by atoms with Crippen molar-refractivity contribution in [3.05, 3.63) is 22.3 Å². The summed E-state index contributed by atoms with van der Waals surface area (Å²) < 4.78 is 11.9. The van der Waals surface area contributed by atoms with Crippen LogP contribution in [0.3, 0.4) is 0 Å². The lowest BCUT2D eigenvalue weighted by Crippen LogP contribution is -2.59. The highest BCUT2D eigenvalue weighted by atomic mass is 79.9. The van der Waals surface area contributed by atoms with Crippen molar-refractivity contribution in [3.63, 3.8) is 0 Å². The lowest BCUT2D eigenvalue weighted by atomic mass is 10.1. The van der Waals surface area contributed by atoms with Gasteiger partial charge in [-0.3, -0.25) is 4.90 Å². The first-order chi connectivity index (χ1) is 13.5. The van der Waals surface area contributed by atoms with Crippen molar-refractivity contribution in [1.82, 2.24) is 14.9 Å². The zero-order valence-corrected chi connectivity index (χ0v) is 19.7. The van der Waals surface area contributed by atoms with Gasteiger partial charge in [-0.05, 0) is 69.6 Å². The highest BCUT2D eigenvalue weighted by molar-refractivity contribution is 9.10. The summed E-state index contributed by atoms with van der Waals surface area (Å²) in [5.74, 6) is 0.519. The van der Waals surface area contributed by atoms with Gasteiger partial charge in [0.15, 0.2) is 0 Å². The number of amides is 1. The van der Waals surface area contributed by atoms with Gasteiger partial charge in [-0.25, -0.2) is 14.8 Å². The minimum atomic E-state index is -0.514. The van der Waals surface area contributed by atoms with Crippen molar-refractivity contribution < 1.29 is 14.3 Å². The highest BCUT2D eigenvalue weighted by Gasteiger charge is 2.36. The minimum absolute atomic E-state index is 0.00685. The minimum Gasteiger partial charge on any atom is -0.480 e. The van der Waals surface area contributed by atoms with Gasteiger partial charge in [0.05, 0.1) is 24.9 Å². The quantitative estimate of drug-likeness (QED) is 0.649. The predicted octanol–water partition coefficient (Wildman–Crippen LogP) is 4.54. The topological polar surface area (TPSA) is 67.8 Å². The number of fused-ring (bicyclic) bond motifs is 1. The van der Waals surface area contributed by atoms with Crippen LogP contribution in [0.5, 0.6) is 5.88 Å². The van der Waals surface area contributed by atoms with E-state index in [9.17, 15) is 4.79 Å². The molecule has 1 fully saturated rings. The van der Waals surface area contributed by atoms with Gasteiger partial charge in [0.2, 0.25) is 5.88 Å².